The topological polar surface area (TPSA) is 53.1 Å². The molecule has 18 heavy (non-hydrogen) atoms. The average molecular weight is 245 g/mol. The molecule has 4 heteroatoms. The van der Waals surface area contributed by atoms with Crippen molar-refractivity contribution in [3.8, 4) is 11.6 Å². The molecular weight excluding hydrogens is 226 g/mol. The number of anilines is 1. The standard InChI is InChI=1S/C14H19N3O/c1-4-10-8-6-7-9-12(10)18-14-13(15)11(5-2)16-17(14)3/h6-9H,4-5,15H2,1-3H3. The molecule has 0 aliphatic rings. The van der Waals surface area contributed by atoms with Gasteiger partial charge in [0.15, 0.2) is 0 Å². The van der Waals surface area contributed by atoms with Crippen molar-refractivity contribution in [3.63, 3.8) is 0 Å². The first kappa shape index (κ1) is 12.5. The highest BCUT2D eigenvalue weighted by molar-refractivity contribution is 5.55. The van der Waals surface area contributed by atoms with E-state index in [1.54, 1.807) is 4.68 Å². The summed E-state index contributed by atoms with van der Waals surface area (Å²) in [7, 11) is 1.85. The fourth-order valence-corrected chi connectivity index (χ4v) is 1.96. The van der Waals surface area contributed by atoms with E-state index < -0.39 is 0 Å². The Bertz CT molecular complexity index is 546. The molecule has 2 aromatic rings. The maximum Gasteiger partial charge on any atom is 0.241 e. The number of hydrogen-bond donors (Lipinski definition) is 1. The number of aryl methyl sites for hydroxylation is 3. The summed E-state index contributed by atoms with van der Waals surface area (Å²) in [4.78, 5) is 0. The highest BCUT2D eigenvalue weighted by Crippen LogP contribution is 2.31. The minimum atomic E-state index is 0.618. The lowest BCUT2D eigenvalue weighted by molar-refractivity contribution is 0.428. The van der Waals surface area contributed by atoms with Crippen LogP contribution in [0.25, 0.3) is 0 Å². The molecule has 0 saturated carbocycles. The third-order valence-electron chi connectivity index (χ3n) is 3.00. The van der Waals surface area contributed by atoms with Gasteiger partial charge in [-0.05, 0) is 24.5 Å². The van der Waals surface area contributed by atoms with Gasteiger partial charge in [-0.25, -0.2) is 4.68 Å². The second kappa shape index (κ2) is 5.12. The molecule has 0 unspecified atom stereocenters. The van der Waals surface area contributed by atoms with Crippen LogP contribution in [0, 0.1) is 0 Å². The minimum absolute atomic E-state index is 0.618. The zero-order valence-electron chi connectivity index (χ0n) is 11.1. The SMILES string of the molecule is CCc1ccccc1Oc1c(N)c(CC)nn1C. The molecule has 0 aliphatic carbocycles. The second-order valence-electron chi connectivity index (χ2n) is 4.21. The largest absolute Gasteiger partial charge is 0.437 e. The smallest absolute Gasteiger partial charge is 0.241 e. The van der Waals surface area contributed by atoms with Crippen LogP contribution in [-0.4, -0.2) is 9.78 Å². The normalized spacial score (nSPS) is 10.6. The predicted molar refractivity (Wildman–Crippen MR) is 72.9 cm³/mol. The number of ether oxygens (including phenoxy) is 1. The third-order valence-corrected chi connectivity index (χ3v) is 3.00. The molecule has 4 nitrogen and oxygen atoms in total. The predicted octanol–water partition coefficient (Wildman–Crippen LogP) is 2.92. The number of nitrogens with two attached hydrogens (primary N) is 1. The molecule has 0 aliphatic heterocycles. The van der Waals surface area contributed by atoms with Gasteiger partial charge in [0.1, 0.15) is 11.4 Å². The van der Waals surface area contributed by atoms with Gasteiger partial charge in [-0.15, -0.1) is 0 Å². The molecule has 2 N–H and O–H groups in total. The quantitative estimate of drug-likeness (QED) is 0.901. The van der Waals surface area contributed by atoms with Crippen molar-refractivity contribution < 1.29 is 4.74 Å². The van der Waals surface area contributed by atoms with Crippen LogP contribution < -0.4 is 10.5 Å². The van der Waals surface area contributed by atoms with E-state index in [1.807, 2.05) is 32.2 Å². The number of para-hydroxylation sites is 1. The summed E-state index contributed by atoms with van der Waals surface area (Å²) in [6, 6.07) is 7.98. The summed E-state index contributed by atoms with van der Waals surface area (Å²) in [5.41, 5.74) is 8.72. The summed E-state index contributed by atoms with van der Waals surface area (Å²) in [5, 5.41) is 4.35. The van der Waals surface area contributed by atoms with Gasteiger partial charge in [-0.2, -0.15) is 5.10 Å². The molecule has 0 saturated heterocycles. The van der Waals surface area contributed by atoms with Gasteiger partial charge < -0.3 is 10.5 Å². The average Bonchev–Trinajstić information content (AvgIpc) is 2.66. The number of aromatic nitrogens is 2. The van der Waals surface area contributed by atoms with Crippen molar-refractivity contribution in [2.24, 2.45) is 7.05 Å². The number of nitrogens with zero attached hydrogens (tertiary/aromatic N) is 2. The first-order valence-electron chi connectivity index (χ1n) is 6.24. The summed E-state index contributed by atoms with van der Waals surface area (Å²) in [6.45, 7) is 4.13. The summed E-state index contributed by atoms with van der Waals surface area (Å²) >= 11 is 0. The Kier molecular flexibility index (Phi) is 3.55. The lowest BCUT2D eigenvalue weighted by Crippen LogP contribution is -1.98. The van der Waals surface area contributed by atoms with E-state index in [4.69, 9.17) is 10.5 Å². The van der Waals surface area contributed by atoms with E-state index in [-0.39, 0.29) is 0 Å². The van der Waals surface area contributed by atoms with E-state index in [1.165, 1.54) is 0 Å². The zero-order chi connectivity index (χ0) is 13.1. The van der Waals surface area contributed by atoms with Crippen LogP contribution in [0.4, 0.5) is 5.69 Å². The highest BCUT2D eigenvalue weighted by Gasteiger charge is 2.15. The molecule has 0 fully saturated rings. The highest BCUT2D eigenvalue weighted by atomic mass is 16.5. The van der Waals surface area contributed by atoms with Crippen LogP contribution in [0.5, 0.6) is 11.6 Å². The van der Waals surface area contributed by atoms with Crippen molar-refractivity contribution in [1.29, 1.82) is 0 Å². The third kappa shape index (κ3) is 2.18. The van der Waals surface area contributed by atoms with Crippen LogP contribution in [0.3, 0.4) is 0 Å². The summed E-state index contributed by atoms with van der Waals surface area (Å²) in [5.74, 6) is 1.46. The monoisotopic (exact) mass is 245 g/mol. The maximum atomic E-state index is 6.05. The Balaban J connectivity index is 2.37. The Morgan fingerprint density at radius 2 is 1.94 bits per heavy atom. The first-order valence-corrected chi connectivity index (χ1v) is 6.24. The molecule has 0 amide bonds. The minimum Gasteiger partial charge on any atom is -0.437 e. The molecule has 2 rings (SSSR count). The molecular formula is C14H19N3O. The molecule has 96 valence electrons. The summed E-state index contributed by atoms with van der Waals surface area (Å²) < 4.78 is 7.61. The summed E-state index contributed by atoms with van der Waals surface area (Å²) in [6.07, 6.45) is 1.73. The first-order chi connectivity index (χ1) is 8.67. The van der Waals surface area contributed by atoms with Gasteiger partial charge in [-0.3, -0.25) is 0 Å². The van der Waals surface area contributed by atoms with Gasteiger partial charge in [-0.1, -0.05) is 32.0 Å². The fraction of sp³-hybridized carbons (Fsp3) is 0.357. The zero-order valence-corrected chi connectivity index (χ0v) is 11.1. The van der Waals surface area contributed by atoms with E-state index in [0.717, 1.165) is 29.8 Å². The van der Waals surface area contributed by atoms with Crippen LogP contribution in [0.1, 0.15) is 25.1 Å². The van der Waals surface area contributed by atoms with Crippen molar-refractivity contribution in [2.45, 2.75) is 26.7 Å². The second-order valence-corrected chi connectivity index (χ2v) is 4.21. The molecule has 1 heterocycles. The van der Waals surface area contributed by atoms with Crippen LogP contribution in [0.2, 0.25) is 0 Å². The Morgan fingerprint density at radius 3 is 2.56 bits per heavy atom. The van der Waals surface area contributed by atoms with Crippen LogP contribution >= 0.6 is 0 Å². The Hall–Kier alpha value is -1.97. The van der Waals surface area contributed by atoms with Crippen molar-refractivity contribution in [3.05, 3.63) is 35.5 Å². The van der Waals surface area contributed by atoms with Crippen LogP contribution in [0.15, 0.2) is 24.3 Å². The van der Waals surface area contributed by atoms with Crippen molar-refractivity contribution in [1.82, 2.24) is 9.78 Å². The maximum absolute atomic E-state index is 6.05. The van der Waals surface area contributed by atoms with Gasteiger partial charge in [0.05, 0.1) is 5.69 Å². The van der Waals surface area contributed by atoms with Crippen LogP contribution in [-0.2, 0) is 19.9 Å². The van der Waals surface area contributed by atoms with Gasteiger partial charge in [0.2, 0.25) is 5.88 Å². The van der Waals surface area contributed by atoms with Gasteiger partial charge >= 0.3 is 0 Å². The molecule has 0 radical (unpaired) electrons. The van der Waals surface area contributed by atoms with E-state index in [0.29, 0.717) is 11.6 Å². The number of nitrogen functional groups attached to an aromatic ring is 1. The fourth-order valence-electron chi connectivity index (χ4n) is 1.96. The Labute approximate surface area is 107 Å². The number of benzene rings is 1. The van der Waals surface area contributed by atoms with E-state index in [2.05, 4.69) is 18.1 Å². The van der Waals surface area contributed by atoms with Crippen molar-refractivity contribution >= 4 is 5.69 Å². The lowest BCUT2D eigenvalue weighted by Gasteiger charge is -2.10. The Morgan fingerprint density at radius 1 is 1.22 bits per heavy atom. The number of hydrogen-bond acceptors (Lipinski definition) is 3. The van der Waals surface area contributed by atoms with Crippen molar-refractivity contribution in [2.75, 3.05) is 5.73 Å². The molecule has 1 aromatic heterocycles. The molecule has 1 aromatic carbocycles. The van der Waals surface area contributed by atoms with Gasteiger partial charge in [0, 0.05) is 7.05 Å². The molecule has 0 bridgehead atoms. The number of rotatable bonds is 4. The van der Waals surface area contributed by atoms with Gasteiger partial charge in [0.25, 0.3) is 0 Å². The molecule has 0 atom stereocenters. The lowest BCUT2D eigenvalue weighted by atomic mass is 10.1. The van der Waals surface area contributed by atoms with E-state index in [9.17, 15) is 0 Å². The van der Waals surface area contributed by atoms with E-state index >= 15 is 0 Å². The molecule has 0 spiro atoms.